The largest absolute Gasteiger partial charge is 0.507 e. The molecule has 0 bridgehead atoms. The number of fused-ring (bicyclic) bond motifs is 1. The molecular weight excluding hydrogens is 532 g/mol. The topological polar surface area (TPSA) is 79.7 Å². The number of aryl methyl sites for hydroxylation is 1. The van der Waals surface area contributed by atoms with E-state index in [2.05, 4.69) is 4.98 Å². The summed E-state index contributed by atoms with van der Waals surface area (Å²) in [5, 5.41) is 12.2. The Morgan fingerprint density at radius 1 is 0.923 bits per heavy atom. The number of hydrogen-bond donors (Lipinski definition) is 1. The Balaban J connectivity index is 1.52. The molecule has 8 heteroatoms. The molecule has 6 nitrogen and oxygen atoms in total. The summed E-state index contributed by atoms with van der Waals surface area (Å²) in [6.07, 6.45) is 0. The van der Waals surface area contributed by atoms with Gasteiger partial charge in [-0.3, -0.25) is 14.5 Å². The van der Waals surface area contributed by atoms with Crippen molar-refractivity contribution in [1.29, 1.82) is 0 Å². The van der Waals surface area contributed by atoms with Crippen LogP contribution in [0.5, 0.6) is 11.5 Å². The Kier molecular flexibility index (Phi) is 6.38. The number of para-hydroxylation sites is 1. The molecule has 6 rings (SSSR count). The summed E-state index contributed by atoms with van der Waals surface area (Å²) >= 11 is 7.36. The second-order valence-electron chi connectivity index (χ2n) is 9.13. The number of amides is 1. The minimum absolute atomic E-state index is 0.0328. The monoisotopic (exact) mass is 552 g/mol. The SMILES string of the molecule is Cc1ccc2nc(N3C(=O)C(=O)/C(=C(/O)c4ccc(Cl)cc4)C3c3cccc(Oc4ccccc4)c3)sc2c1. The number of ketones is 1. The van der Waals surface area contributed by atoms with E-state index in [4.69, 9.17) is 16.3 Å². The first kappa shape index (κ1) is 24.9. The van der Waals surface area contributed by atoms with Crippen LogP contribution < -0.4 is 9.64 Å². The predicted octanol–water partition coefficient (Wildman–Crippen LogP) is 7.68. The van der Waals surface area contributed by atoms with E-state index in [1.165, 1.54) is 16.2 Å². The summed E-state index contributed by atoms with van der Waals surface area (Å²) < 4.78 is 6.93. The van der Waals surface area contributed by atoms with Gasteiger partial charge in [0.05, 0.1) is 21.8 Å². The number of aliphatic hydroxyl groups excluding tert-OH is 1. The average Bonchev–Trinajstić information content (AvgIpc) is 3.47. The number of hydrogen-bond acceptors (Lipinski definition) is 6. The number of Topliss-reactive ketones (excluding diaryl/α,β-unsaturated/α-hetero) is 1. The van der Waals surface area contributed by atoms with Crippen LogP contribution in [0.3, 0.4) is 0 Å². The standard InChI is InChI=1S/C31H21ClN2O4S/c1-18-10-15-24-25(16-18)39-31(33-24)34-27(20-6-5-9-23(17-20)38-22-7-3-2-4-8-22)26(29(36)30(34)37)28(35)19-11-13-21(32)14-12-19/h2-17,27,35H,1H3/b28-26+. The van der Waals surface area contributed by atoms with Gasteiger partial charge in [-0.1, -0.05) is 59.3 Å². The summed E-state index contributed by atoms with van der Waals surface area (Å²) in [7, 11) is 0. The molecule has 1 saturated heterocycles. The van der Waals surface area contributed by atoms with Crippen molar-refractivity contribution in [2.45, 2.75) is 13.0 Å². The first-order valence-electron chi connectivity index (χ1n) is 12.2. The zero-order valence-corrected chi connectivity index (χ0v) is 22.2. The molecule has 1 amide bonds. The van der Waals surface area contributed by atoms with Crippen LogP contribution >= 0.6 is 22.9 Å². The van der Waals surface area contributed by atoms with Gasteiger partial charge in [-0.25, -0.2) is 4.98 Å². The number of nitrogens with zero attached hydrogens (tertiary/aromatic N) is 2. The quantitative estimate of drug-likeness (QED) is 0.137. The van der Waals surface area contributed by atoms with Crippen molar-refractivity contribution in [3.8, 4) is 11.5 Å². The van der Waals surface area contributed by atoms with E-state index in [9.17, 15) is 14.7 Å². The smallest absolute Gasteiger partial charge is 0.301 e. The van der Waals surface area contributed by atoms with E-state index in [0.29, 0.717) is 32.8 Å². The summed E-state index contributed by atoms with van der Waals surface area (Å²) in [5.74, 6) is -0.677. The van der Waals surface area contributed by atoms with Crippen LogP contribution in [0.4, 0.5) is 5.13 Å². The van der Waals surface area contributed by atoms with Crippen LogP contribution in [0.2, 0.25) is 5.02 Å². The Bertz CT molecular complexity index is 1760. The molecule has 1 fully saturated rings. The fourth-order valence-corrected chi connectivity index (χ4v) is 5.82. The Hall–Kier alpha value is -4.46. The number of ether oxygens (including phenoxy) is 1. The number of anilines is 1. The van der Waals surface area contributed by atoms with Gasteiger partial charge < -0.3 is 9.84 Å². The van der Waals surface area contributed by atoms with Crippen molar-refractivity contribution in [3.05, 3.63) is 124 Å². The van der Waals surface area contributed by atoms with Crippen LogP contribution in [-0.2, 0) is 9.59 Å². The van der Waals surface area contributed by atoms with E-state index < -0.39 is 17.7 Å². The molecule has 1 atom stereocenters. The Labute approximate surface area is 233 Å². The average molecular weight is 553 g/mol. The zero-order valence-electron chi connectivity index (χ0n) is 20.7. The molecule has 192 valence electrons. The fraction of sp³-hybridized carbons (Fsp3) is 0.0645. The van der Waals surface area contributed by atoms with Gasteiger partial charge in [0, 0.05) is 10.6 Å². The third-order valence-corrected chi connectivity index (χ3v) is 7.72. The molecule has 0 aliphatic carbocycles. The lowest BCUT2D eigenvalue weighted by Crippen LogP contribution is -2.29. The van der Waals surface area contributed by atoms with Crippen molar-refractivity contribution in [3.63, 3.8) is 0 Å². The highest BCUT2D eigenvalue weighted by Gasteiger charge is 2.48. The predicted molar refractivity (Wildman–Crippen MR) is 154 cm³/mol. The van der Waals surface area contributed by atoms with Crippen molar-refractivity contribution in [2.24, 2.45) is 0 Å². The van der Waals surface area contributed by atoms with E-state index in [0.717, 1.165) is 15.8 Å². The lowest BCUT2D eigenvalue weighted by molar-refractivity contribution is -0.132. The van der Waals surface area contributed by atoms with E-state index in [1.54, 1.807) is 48.5 Å². The molecule has 4 aromatic carbocycles. The zero-order chi connectivity index (χ0) is 27.1. The normalized spacial score (nSPS) is 16.7. The van der Waals surface area contributed by atoms with Gasteiger partial charge in [0.15, 0.2) is 5.13 Å². The van der Waals surface area contributed by atoms with E-state index in [1.807, 2.05) is 55.5 Å². The van der Waals surface area contributed by atoms with Crippen LogP contribution in [0, 0.1) is 6.92 Å². The van der Waals surface area contributed by atoms with Crippen LogP contribution in [-0.4, -0.2) is 21.8 Å². The van der Waals surface area contributed by atoms with Gasteiger partial charge in [0.1, 0.15) is 17.3 Å². The summed E-state index contributed by atoms with van der Waals surface area (Å²) in [6, 6.07) is 27.8. The summed E-state index contributed by atoms with van der Waals surface area (Å²) in [5.41, 5.74) is 2.71. The van der Waals surface area contributed by atoms with Gasteiger partial charge in [0.2, 0.25) is 0 Å². The van der Waals surface area contributed by atoms with Gasteiger partial charge in [0.25, 0.3) is 5.78 Å². The third kappa shape index (κ3) is 4.67. The maximum Gasteiger partial charge on any atom is 0.301 e. The van der Waals surface area contributed by atoms with Gasteiger partial charge >= 0.3 is 5.91 Å². The first-order valence-corrected chi connectivity index (χ1v) is 13.4. The van der Waals surface area contributed by atoms with E-state index in [-0.39, 0.29) is 11.3 Å². The molecule has 1 aliphatic rings. The summed E-state index contributed by atoms with van der Waals surface area (Å²) in [4.78, 5) is 33.1. The van der Waals surface area contributed by atoms with Crippen LogP contribution in [0.25, 0.3) is 16.0 Å². The molecule has 39 heavy (non-hydrogen) atoms. The minimum Gasteiger partial charge on any atom is -0.507 e. The van der Waals surface area contributed by atoms with Gasteiger partial charge in [-0.15, -0.1) is 0 Å². The van der Waals surface area contributed by atoms with Crippen LogP contribution in [0.15, 0.2) is 103 Å². The van der Waals surface area contributed by atoms with Gasteiger partial charge in [-0.2, -0.15) is 0 Å². The number of carbonyl (C=O) groups is 2. The Morgan fingerprint density at radius 2 is 1.67 bits per heavy atom. The number of thiazole rings is 1. The minimum atomic E-state index is -0.929. The number of rotatable bonds is 5. The molecule has 2 heterocycles. The number of benzene rings is 4. The number of carbonyl (C=O) groups excluding carboxylic acids is 2. The van der Waals surface area contributed by atoms with Crippen molar-refractivity contribution in [2.75, 3.05) is 4.90 Å². The number of aromatic nitrogens is 1. The molecule has 1 aliphatic heterocycles. The molecule has 0 radical (unpaired) electrons. The van der Waals surface area contributed by atoms with Crippen molar-refractivity contribution >= 4 is 55.7 Å². The molecule has 1 aromatic heterocycles. The van der Waals surface area contributed by atoms with E-state index >= 15 is 0 Å². The van der Waals surface area contributed by atoms with Gasteiger partial charge in [-0.05, 0) is 78.7 Å². The Morgan fingerprint density at radius 3 is 2.44 bits per heavy atom. The highest BCUT2D eigenvalue weighted by Crippen LogP contribution is 2.45. The highest BCUT2D eigenvalue weighted by molar-refractivity contribution is 7.22. The number of halogens is 1. The van der Waals surface area contributed by atoms with Crippen molar-refractivity contribution < 1.29 is 19.4 Å². The molecule has 0 spiro atoms. The highest BCUT2D eigenvalue weighted by atomic mass is 35.5. The molecular formula is C31H21ClN2O4S. The van der Waals surface area contributed by atoms with Crippen LogP contribution in [0.1, 0.15) is 22.7 Å². The third-order valence-electron chi connectivity index (χ3n) is 6.45. The summed E-state index contributed by atoms with van der Waals surface area (Å²) in [6.45, 7) is 1.98. The van der Waals surface area contributed by atoms with Crippen molar-refractivity contribution in [1.82, 2.24) is 4.98 Å². The molecule has 1 N–H and O–H groups in total. The second kappa shape index (κ2) is 10.0. The molecule has 5 aromatic rings. The maximum absolute atomic E-state index is 13.6. The molecule has 0 saturated carbocycles. The fourth-order valence-electron chi connectivity index (χ4n) is 4.60. The lowest BCUT2D eigenvalue weighted by Gasteiger charge is -2.23. The molecule has 1 unspecified atom stereocenters. The maximum atomic E-state index is 13.6. The first-order chi connectivity index (χ1) is 18.9. The lowest BCUT2D eigenvalue weighted by atomic mass is 9.95. The number of aliphatic hydroxyl groups is 1. The second-order valence-corrected chi connectivity index (χ2v) is 10.6.